The lowest BCUT2D eigenvalue weighted by Gasteiger charge is -2.15. The van der Waals surface area contributed by atoms with Crippen LogP contribution in [0.4, 0.5) is 5.82 Å². The molecule has 20 heavy (non-hydrogen) atoms. The van der Waals surface area contributed by atoms with Gasteiger partial charge in [0.25, 0.3) is 5.56 Å². The van der Waals surface area contributed by atoms with Crippen molar-refractivity contribution in [1.29, 1.82) is 0 Å². The van der Waals surface area contributed by atoms with Gasteiger partial charge >= 0.3 is 5.69 Å². The zero-order valence-corrected chi connectivity index (χ0v) is 11.3. The molecule has 0 saturated carbocycles. The average Bonchev–Trinajstić information content (AvgIpc) is 2.46. The highest BCUT2D eigenvalue weighted by Crippen LogP contribution is 2.05. The Labute approximate surface area is 115 Å². The molecule has 7 heteroatoms. The summed E-state index contributed by atoms with van der Waals surface area (Å²) in [4.78, 5) is 29.9. The van der Waals surface area contributed by atoms with Crippen LogP contribution in [-0.2, 0) is 7.05 Å². The first-order valence-corrected chi connectivity index (χ1v) is 6.14. The lowest BCUT2D eigenvalue weighted by Crippen LogP contribution is -2.34. The number of anilines is 1. The normalized spacial score (nSPS) is 10.9. The monoisotopic (exact) mass is 273 g/mol. The van der Waals surface area contributed by atoms with Crippen molar-refractivity contribution in [3.05, 3.63) is 57.0 Å². The Bertz CT molecular complexity index is 686. The number of hydrazone groups is 1. The van der Waals surface area contributed by atoms with Gasteiger partial charge in [0.15, 0.2) is 0 Å². The molecule has 2 heterocycles. The summed E-state index contributed by atoms with van der Waals surface area (Å²) in [7, 11) is 1.42. The second kappa shape index (κ2) is 5.96. The Hall–Kier alpha value is -2.70. The van der Waals surface area contributed by atoms with E-state index in [9.17, 15) is 9.59 Å². The maximum atomic E-state index is 11.6. The highest BCUT2D eigenvalue weighted by atomic mass is 16.2. The molecule has 0 aromatic carbocycles. The molecular formula is C13H15N5O2. The minimum atomic E-state index is -0.473. The van der Waals surface area contributed by atoms with E-state index >= 15 is 0 Å². The van der Waals surface area contributed by atoms with Gasteiger partial charge in [-0.2, -0.15) is 5.10 Å². The van der Waals surface area contributed by atoms with Crippen LogP contribution >= 0.6 is 0 Å². The summed E-state index contributed by atoms with van der Waals surface area (Å²) in [5.74, 6) is 0.354. The lowest BCUT2D eigenvalue weighted by atomic mass is 10.4. The van der Waals surface area contributed by atoms with Crippen LogP contribution in [0.2, 0.25) is 0 Å². The van der Waals surface area contributed by atoms with E-state index in [0.717, 1.165) is 4.57 Å². The molecule has 0 aliphatic carbocycles. The fourth-order valence-electron chi connectivity index (χ4n) is 1.58. The largest absolute Gasteiger partial charge is 0.329 e. The first kappa shape index (κ1) is 13.7. The summed E-state index contributed by atoms with van der Waals surface area (Å²) in [5.41, 5.74) is -0.161. The SMILES string of the molecule is CCN(/N=C\c1ccccn1)c1cc(=O)n(C)c(=O)[nH]1. The summed E-state index contributed by atoms with van der Waals surface area (Å²) in [6.07, 6.45) is 3.23. The number of hydrogen-bond acceptors (Lipinski definition) is 5. The van der Waals surface area contributed by atoms with Gasteiger partial charge in [0.1, 0.15) is 5.82 Å². The molecule has 0 spiro atoms. The van der Waals surface area contributed by atoms with Crippen LogP contribution < -0.4 is 16.3 Å². The third-order valence-electron chi connectivity index (χ3n) is 2.73. The number of pyridine rings is 1. The minimum absolute atomic E-state index is 0.354. The minimum Gasteiger partial charge on any atom is -0.292 e. The van der Waals surface area contributed by atoms with Gasteiger partial charge in [-0.15, -0.1) is 0 Å². The Morgan fingerprint density at radius 1 is 1.45 bits per heavy atom. The van der Waals surface area contributed by atoms with E-state index in [-0.39, 0.29) is 5.56 Å². The zero-order chi connectivity index (χ0) is 14.5. The van der Waals surface area contributed by atoms with Crippen LogP contribution in [0.3, 0.4) is 0 Å². The molecule has 0 aliphatic heterocycles. The predicted octanol–water partition coefficient (Wildman–Crippen LogP) is 0.329. The third-order valence-corrected chi connectivity index (χ3v) is 2.73. The van der Waals surface area contributed by atoms with Crippen LogP contribution in [0.5, 0.6) is 0 Å². The molecule has 2 aromatic rings. The summed E-state index contributed by atoms with van der Waals surface area (Å²) in [6.45, 7) is 2.37. The molecule has 0 aliphatic rings. The van der Waals surface area contributed by atoms with E-state index in [2.05, 4.69) is 15.1 Å². The van der Waals surface area contributed by atoms with Gasteiger partial charge in [-0.25, -0.2) is 9.80 Å². The van der Waals surface area contributed by atoms with Crippen molar-refractivity contribution in [2.75, 3.05) is 11.6 Å². The van der Waals surface area contributed by atoms with Crippen molar-refractivity contribution in [1.82, 2.24) is 14.5 Å². The fraction of sp³-hybridized carbons (Fsp3) is 0.231. The summed E-state index contributed by atoms with van der Waals surface area (Å²) >= 11 is 0. The van der Waals surface area contributed by atoms with E-state index in [1.807, 2.05) is 25.1 Å². The van der Waals surface area contributed by atoms with Crippen molar-refractivity contribution in [2.24, 2.45) is 12.1 Å². The van der Waals surface area contributed by atoms with E-state index in [1.54, 1.807) is 12.4 Å². The molecule has 7 nitrogen and oxygen atoms in total. The van der Waals surface area contributed by atoms with E-state index < -0.39 is 5.69 Å². The van der Waals surface area contributed by atoms with E-state index in [4.69, 9.17) is 0 Å². The molecule has 2 rings (SSSR count). The van der Waals surface area contributed by atoms with Crippen LogP contribution in [0, 0.1) is 0 Å². The van der Waals surface area contributed by atoms with Crippen LogP contribution in [0.1, 0.15) is 12.6 Å². The predicted molar refractivity (Wildman–Crippen MR) is 77.2 cm³/mol. The molecule has 0 atom stereocenters. The fourth-order valence-corrected chi connectivity index (χ4v) is 1.58. The third kappa shape index (κ3) is 3.00. The molecule has 1 N–H and O–H groups in total. The zero-order valence-electron chi connectivity index (χ0n) is 11.3. The second-order valence-electron chi connectivity index (χ2n) is 4.07. The number of nitrogens with one attached hydrogen (secondary N) is 1. The van der Waals surface area contributed by atoms with Crippen molar-refractivity contribution in [3.63, 3.8) is 0 Å². The van der Waals surface area contributed by atoms with Crippen molar-refractivity contribution in [3.8, 4) is 0 Å². The smallest absolute Gasteiger partial charge is 0.292 e. The molecule has 104 valence electrons. The molecule has 0 fully saturated rings. The van der Waals surface area contributed by atoms with Gasteiger partial charge in [0.05, 0.1) is 11.9 Å². The standard InChI is InChI=1S/C13H15N5O2/c1-3-18(15-9-10-6-4-5-7-14-10)11-8-12(19)17(2)13(20)16-11/h4-9H,3H2,1-2H3,(H,16,20)/b15-9-. The highest BCUT2D eigenvalue weighted by Gasteiger charge is 2.06. The quantitative estimate of drug-likeness (QED) is 0.642. The topological polar surface area (TPSA) is 83.3 Å². The first-order valence-electron chi connectivity index (χ1n) is 6.14. The Kier molecular flexibility index (Phi) is 4.09. The maximum Gasteiger partial charge on any atom is 0.329 e. The Morgan fingerprint density at radius 3 is 2.85 bits per heavy atom. The van der Waals surface area contributed by atoms with Crippen LogP contribution in [0.15, 0.2) is 45.2 Å². The lowest BCUT2D eigenvalue weighted by molar-refractivity contribution is 0.756. The van der Waals surface area contributed by atoms with Crippen LogP contribution in [-0.4, -0.2) is 27.3 Å². The molecule has 0 bridgehead atoms. The second-order valence-corrected chi connectivity index (χ2v) is 4.07. The summed E-state index contributed by atoms with van der Waals surface area (Å²) in [5, 5.41) is 5.75. The molecule has 0 saturated heterocycles. The van der Waals surface area contributed by atoms with Gasteiger partial charge in [-0.3, -0.25) is 19.3 Å². The molecule has 0 amide bonds. The summed E-state index contributed by atoms with van der Waals surface area (Å²) in [6, 6.07) is 6.81. The summed E-state index contributed by atoms with van der Waals surface area (Å²) < 4.78 is 1.000. The van der Waals surface area contributed by atoms with Gasteiger partial charge in [0.2, 0.25) is 0 Å². The number of aromatic amines is 1. The number of nitrogens with zero attached hydrogens (tertiary/aromatic N) is 4. The van der Waals surface area contributed by atoms with Gasteiger partial charge in [-0.05, 0) is 19.1 Å². The number of H-pyrrole nitrogens is 1. The Balaban J connectivity index is 2.32. The van der Waals surface area contributed by atoms with Gasteiger partial charge in [-0.1, -0.05) is 6.07 Å². The van der Waals surface area contributed by atoms with Crippen molar-refractivity contribution in [2.45, 2.75) is 6.92 Å². The van der Waals surface area contributed by atoms with E-state index in [1.165, 1.54) is 18.1 Å². The highest BCUT2D eigenvalue weighted by molar-refractivity contribution is 5.77. The number of aromatic nitrogens is 3. The van der Waals surface area contributed by atoms with Crippen LogP contribution in [0.25, 0.3) is 0 Å². The maximum absolute atomic E-state index is 11.6. The molecule has 2 aromatic heterocycles. The molecule has 0 unspecified atom stereocenters. The molecule has 0 radical (unpaired) electrons. The van der Waals surface area contributed by atoms with Crippen molar-refractivity contribution < 1.29 is 0 Å². The number of rotatable bonds is 4. The van der Waals surface area contributed by atoms with Gasteiger partial charge < -0.3 is 0 Å². The average molecular weight is 273 g/mol. The van der Waals surface area contributed by atoms with Crippen molar-refractivity contribution >= 4 is 12.0 Å². The van der Waals surface area contributed by atoms with E-state index in [0.29, 0.717) is 18.1 Å². The molecular weight excluding hydrogens is 258 g/mol. The number of hydrogen-bond donors (Lipinski definition) is 1. The first-order chi connectivity index (χ1) is 9.61. The Morgan fingerprint density at radius 2 is 2.25 bits per heavy atom. The van der Waals surface area contributed by atoms with Gasteiger partial charge in [0, 0.05) is 25.9 Å².